The molecule has 1 aromatic heterocycles. The van der Waals surface area contributed by atoms with Crippen LogP contribution in [-0.2, 0) is 0 Å². The van der Waals surface area contributed by atoms with Gasteiger partial charge >= 0.3 is 0 Å². The summed E-state index contributed by atoms with van der Waals surface area (Å²) in [6.45, 7) is 4.50. The van der Waals surface area contributed by atoms with Crippen molar-refractivity contribution in [2.45, 2.75) is 71.1 Å². The highest BCUT2D eigenvalue weighted by molar-refractivity contribution is 4.98. The van der Waals surface area contributed by atoms with Gasteiger partial charge in [-0.25, -0.2) is 4.98 Å². The van der Waals surface area contributed by atoms with Crippen molar-refractivity contribution in [1.82, 2.24) is 4.98 Å². The summed E-state index contributed by atoms with van der Waals surface area (Å²) < 4.78 is 5.45. The molecule has 0 atom stereocenters. The highest BCUT2D eigenvalue weighted by Gasteiger charge is 2.13. The first-order valence-electron chi connectivity index (χ1n) is 6.76. The quantitative estimate of drug-likeness (QED) is 0.555. The molecule has 1 rings (SSSR count). The van der Waals surface area contributed by atoms with Gasteiger partial charge in [-0.1, -0.05) is 52.4 Å². The zero-order valence-corrected chi connectivity index (χ0v) is 10.7. The van der Waals surface area contributed by atoms with Gasteiger partial charge in [0, 0.05) is 5.92 Å². The van der Waals surface area contributed by atoms with Gasteiger partial charge in [0.25, 0.3) is 0 Å². The van der Waals surface area contributed by atoms with Gasteiger partial charge in [-0.15, -0.1) is 0 Å². The molecule has 0 bridgehead atoms. The molecule has 0 N–H and O–H groups in total. The summed E-state index contributed by atoms with van der Waals surface area (Å²) in [6, 6.07) is 0. The Morgan fingerprint density at radius 3 is 2.12 bits per heavy atom. The van der Waals surface area contributed by atoms with Gasteiger partial charge in [0.05, 0.1) is 6.20 Å². The van der Waals surface area contributed by atoms with Crippen LogP contribution in [0.2, 0.25) is 0 Å². The molecular formula is C14H25NO. The highest BCUT2D eigenvalue weighted by atomic mass is 16.3. The molecule has 1 heterocycles. The van der Waals surface area contributed by atoms with E-state index in [1.165, 1.54) is 51.4 Å². The number of hydrogen-bond acceptors (Lipinski definition) is 2. The fourth-order valence-corrected chi connectivity index (χ4v) is 2.14. The van der Waals surface area contributed by atoms with Gasteiger partial charge in [-0.3, -0.25) is 0 Å². The first kappa shape index (κ1) is 13.3. The van der Waals surface area contributed by atoms with Crippen molar-refractivity contribution in [2.75, 3.05) is 0 Å². The molecule has 2 heteroatoms. The topological polar surface area (TPSA) is 26.0 Å². The predicted octanol–water partition coefficient (Wildman–Crippen LogP) is 4.92. The number of oxazole rings is 1. The Morgan fingerprint density at radius 2 is 1.69 bits per heavy atom. The second-order valence-corrected chi connectivity index (χ2v) is 4.59. The van der Waals surface area contributed by atoms with E-state index in [0.717, 1.165) is 5.76 Å². The average Bonchev–Trinajstić information content (AvgIpc) is 2.81. The molecule has 0 aromatic carbocycles. The van der Waals surface area contributed by atoms with Crippen molar-refractivity contribution in [3.8, 4) is 0 Å². The number of aromatic nitrogens is 1. The molecule has 0 amide bonds. The van der Waals surface area contributed by atoms with E-state index in [1.807, 2.05) is 6.20 Å². The first-order valence-corrected chi connectivity index (χ1v) is 6.76. The molecule has 0 aliphatic rings. The van der Waals surface area contributed by atoms with E-state index in [0.29, 0.717) is 5.92 Å². The summed E-state index contributed by atoms with van der Waals surface area (Å²) in [6.07, 6.45) is 13.8. The van der Waals surface area contributed by atoms with Crippen LogP contribution in [-0.4, -0.2) is 4.98 Å². The molecule has 0 fully saturated rings. The molecular weight excluding hydrogens is 198 g/mol. The van der Waals surface area contributed by atoms with E-state index >= 15 is 0 Å². The lowest BCUT2D eigenvalue weighted by Gasteiger charge is -2.13. The molecule has 0 aliphatic carbocycles. The van der Waals surface area contributed by atoms with Gasteiger partial charge in [0.15, 0.2) is 6.39 Å². The standard InChI is InChI=1S/C14H25NO/c1-3-5-7-9-13(10-8-6-4-2)14-11-15-12-16-14/h11-13H,3-10H2,1-2H3. The lowest BCUT2D eigenvalue weighted by atomic mass is 9.93. The van der Waals surface area contributed by atoms with E-state index in [-0.39, 0.29) is 0 Å². The lowest BCUT2D eigenvalue weighted by Crippen LogP contribution is -1.98. The predicted molar refractivity (Wildman–Crippen MR) is 67.5 cm³/mol. The van der Waals surface area contributed by atoms with Gasteiger partial charge in [-0.05, 0) is 12.8 Å². The van der Waals surface area contributed by atoms with Gasteiger partial charge in [0.1, 0.15) is 5.76 Å². The van der Waals surface area contributed by atoms with E-state index in [4.69, 9.17) is 4.42 Å². The third kappa shape index (κ3) is 4.82. The maximum absolute atomic E-state index is 5.45. The zero-order chi connectivity index (χ0) is 11.6. The van der Waals surface area contributed by atoms with Crippen molar-refractivity contribution >= 4 is 0 Å². The maximum Gasteiger partial charge on any atom is 0.180 e. The van der Waals surface area contributed by atoms with Crippen LogP contribution in [0.5, 0.6) is 0 Å². The first-order chi connectivity index (χ1) is 7.88. The second-order valence-electron chi connectivity index (χ2n) is 4.59. The van der Waals surface area contributed by atoms with Crippen LogP contribution < -0.4 is 0 Å². The molecule has 0 radical (unpaired) electrons. The summed E-state index contributed by atoms with van der Waals surface area (Å²) in [5.74, 6) is 1.69. The van der Waals surface area contributed by atoms with E-state index in [9.17, 15) is 0 Å². The molecule has 92 valence electrons. The third-order valence-corrected chi connectivity index (χ3v) is 3.17. The molecule has 0 aliphatic heterocycles. The van der Waals surface area contributed by atoms with Crippen LogP contribution in [0.15, 0.2) is 17.0 Å². The van der Waals surface area contributed by atoms with Crippen LogP contribution >= 0.6 is 0 Å². The number of unbranched alkanes of at least 4 members (excludes halogenated alkanes) is 4. The van der Waals surface area contributed by atoms with E-state index in [1.54, 1.807) is 6.39 Å². The summed E-state index contributed by atoms with van der Waals surface area (Å²) in [7, 11) is 0. The van der Waals surface area contributed by atoms with Gasteiger partial charge in [0.2, 0.25) is 0 Å². The molecule has 0 saturated heterocycles. The van der Waals surface area contributed by atoms with Gasteiger partial charge < -0.3 is 4.42 Å². The average molecular weight is 223 g/mol. The Bertz CT molecular complexity index is 233. The van der Waals surface area contributed by atoms with Crippen molar-refractivity contribution in [3.05, 3.63) is 18.4 Å². The lowest BCUT2D eigenvalue weighted by molar-refractivity contribution is 0.408. The fraction of sp³-hybridized carbons (Fsp3) is 0.786. The number of rotatable bonds is 9. The van der Waals surface area contributed by atoms with Crippen LogP contribution in [0, 0.1) is 0 Å². The maximum atomic E-state index is 5.45. The summed E-state index contributed by atoms with van der Waals surface area (Å²) in [5, 5.41) is 0. The summed E-state index contributed by atoms with van der Waals surface area (Å²) in [5.41, 5.74) is 0. The normalized spacial score (nSPS) is 11.2. The largest absolute Gasteiger partial charge is 0.448 e. The number of hydrogen-bond donors (Lipinski definition) is 0. The second kappa shape index (κ2) is 8.37. The Morgan fingerprint density at radius 1 is 1.06 bits per heavy atom. The molecule has 0 unspecified atom stereocenters. The Hall–Kier alpha value is -0.790. The Kier molecular flexibility index (Phi) is 6.95. The van der Waals surface area contributed by atoms with E-state index in [2.05, 4.69) is 18.8 Å². The molecule has 16 heavy (non-hydrogen) atoms. The Balaban J connectivity index is 2.36. The third-order valence-electron chi connectivity index (χ3n) is 3.17. The Labute approximate surface area is 99.5 Å². The van der Waals surface area contributed by atoms with E-state index < -0.39 is 0 Å². The fourth-order valence-electron chi connectivity index (χ4n) is 2.14. The van der Waals surface area contributed by atoms with Crippen molar-refractivity contribution in [3.63, 3.8) is 0 Å². The van der Waals surface area contributed by atoms with Crippen molar-refractivity contribution in [2.24, 2.45) is 0 Å². The molecule has 2 nitrogen and oxygen atoms in total. The van der Waals surface area contributed by atoms with Crippen LogP contribution in [0.3, 0.4) is 0 Å². The monoisotopic (exact) mass is 223 g/mol. The SMILES string of the molecule is CCCCCC(CCCCC)c1cnco1. The number of nitrogens with zero attached hydrogens (tertiary/aromatic N) is 1. The molecule has 0 saturated carbocycles. The van der Waals surface area contributed by atoms with Crippen LogP contribution in [0.25, 0.3) is 0 Å². The van der Waals surface area contributed by atoms with Crippen LogP contribution in [0.1, 0.15) is 76.9 Å². The zero-order valence-electron chi connectivity index (χ0n) is 10.7. The minimum absolute atomic E-state index is 0.598. The van der Waals surface area contributed by atoms with Crippen molar-refractivity contribution < 1.29 is 4.42 Å². The molecule has 1 aromatic rings. The summed E-state index contributed by atoms with van der Waals surface area (Å²) >= 11 is 0. The van der Waals surface area contributed by atoms with Gasteiger partial charge in [-0.2, -0.15) is 0 Å². The molecule has 0 spiro atoms. The highest BCUT2D eigenvalue weighted by Crippen LogP contribution is 2.27. The smallest absolute Gasteiger partial charge is 0.180 e. The van der Waals surface area contributed by atoms with Crippen LogP contribution in [0.4, 0.5) is 0 Å². The minimum atomic E-state index is 0.598. The minimum Gasteiger partial charge on any atom is -0.448 e. The van der Waals surface area contributed by atoms with Crippen molar-refractivity contribution in [1.29, 1.82) is 0 Å². The summed E-state index contributed by atoms with van der Waals surface area (Å²) in [4.78, 5) is 4.03.